The van der Waals surface area contributed by atoms with Gasteiger partial charge in [0.2, 0.25) is 0 Å². The fraction of sp³-hybridized carbons (Fsp3) is 1.00. The summed E-state index contributed by atoms with van der Waals surface area (Å²) in [5.41, 5.74) is -0.346. The largest absolute Gasteiger partial charge is 0.390 e. The second kappa shape index (κ2) is 3.82. The van der Waals surface area contributed by atoms with Crippen molar-refractivity contribution in [3.8, 4) is 0 Å². The van der Waals surface area contributed by atoms with E-state index in [1.807, 2.05) is 0 Å². The van der Waals surface area contributed by atoms with Crippen molar-refractivity contribution in [2.24, 2.45) is 17.8 Å². The monoisotopic (exact) mass is 198 g/mol. The minimum atomic E-state index is -0.346. The molecule has 1 aliphatic heterocycles. The number of hydrogen-bond acceptors (Lipinski definition) is 2. The van der Waals surface area contributed by atoms with Gasteiger partial charge >= 0.3 is 0 Å². The van der Waals surface area contributed by atoms with Gasteiger partial charge in [-0.05, 0) is 43.4 Å². The Labute approximate surface area is 86.6 Å². The summed E-state index contributed by atoms with van der Waals surface area (Å²) >= 11 is 0. The number of ether oxygens (including phenoxy) is 1. The molecule has 1 saturated heterocycles. The second-order valence-electron chi connectivity index (χ2n) is 5.33. The second-order valence-corrected chi connectivity index (χ2v) is 5.33. The average molecular weight is 198 g/mol. The SMILES string of the molecule is CC1CC(O)(CC2CCOCC2)C1C. The standard InChI is InChI=1S/C12H22O2/c1-9-7-12(13,10(9)2)8-11-3-5-14-6-4-11/h9-11,13H,3-8H2,1-2H3. The van der Waals surface area contributed by atoms with E-state index in [0.29, 0.717) is 17.8 Å². The molecule has 14 heavy (non-hydrogen) atoms. The molecular formula is C12H22O2. The van der Waals surface area contributed by atoms with Crippen LogP contribution < -0.4 is 0 Å². The fourth-order valence-electron chi connectivity index (χ4n) is 3.01. The Morgan fingerprint density at radius 1 is 1.29 bits per heavy atom. The number of rotatable bonds is 2. The first-order chi connectivity index (χ1) is 6.62. The molecule has 3 unspecified atom stereocenters. The average Bonchev–Trinajstić information content (AvgIpc) is 2.19. The van der Waals surface area contributed by atoms with Crippen LogP contribution in [-0.4, -0.2) is 23.9 Å². The van der Waals surface area contributed by atoms with Crippen LogP contribution in [-0.2, 0) is 4.74 Å². The summed E-state index contributed by atoms with van der Waals surface area (Å²) in [6, 6.07) is 0. The lowest BCUT2D eigenvalue weighted by molar-refractivity contribution is -0.143. The summed E-state index contributed by atoms with van der Waals surface area (Å²) in [6.45, 7) is 6.21. The van der Waals surface area contributed by atoms with E-state index in [2.05, 4.69) is 13.8 Å². The normalized spacial score (nSPS) is 44.8. The van der Waals surface area contributed by atoms with Crippen molar-refractivity contribution in [3.63, 3.8) is 0 Å². The van der Waals surface area contributed by atoms with Gasteiger partial charge in [-0.2, -0.15) is 0 Å². The lowest BCUT2D eigenvalue weighted by Gasteiger charge is -2.51. The maximum absolute atomic E-state index is 10.4. The summed E-state index contributed by atoms with van der Waals surface area (Å²) in [5.74, 6) is 1.90. The zero-order valence-corrected chi connectivity index (χ0v) is 9.33. The van der Waals surface area contributed by atoms with Crippen molar-refractivity contribution in [1.82, 2.24) is 0 Å². The van der Waals surface area contributed by atoms with E-state index >= 15 is 0 Å². The molecule has 1 aliphatic carbocycles. The van der Waals surface area contributed by atoms with E-state index in [1.54, 1.807) is 0 Å². The lowest BCUT2D eigenvalue weighted by atomic mass is 9.59. The molecule has 82 valence electrons. The number of aliphatic hydroxyl groups is 1. The zero-order chi connectivity index (χ0) is 10.2. The van der Waals surface area contributed by atoms with Crippen LogP contribution in [0.2, 0.25) is 0 Å². The molecule has 0 aromatic heterocycles. The molecule has 2 aliphatic rings. The first-order valence-corrected chi connectivity index (χ1v) is 5.92. The van der Waals surface area contributed by atoms with Crippen molar-refractivity contribution in [3.05, 3.63) is 0 Å². The summed E-state index contributed by atoms with van der Waals surface area (Å²) < 4.78 is 5.33. The van der Waals surface area contributed by atoms with Gasteiger partial charge in [0.1, 0.15) is 0 Å². The van der Waals surface area contributed by atoms with Gasteiger partial charge in [-0.25, -0.2) is 0 Å². The molecule has 0 aromatic carbocycles. The first-order valence-electron chi connectivity index (χ1n) is 5.92. The molecular weight excluding hydrogens is 176 g/mol. The van der Waals surface area contributed by atoms with Crippen LogP contribution in [0.3, 0.4) is 0 Å². The fourth-order valence-corrected chi connectivity index (χ4v) is 3.01. The smallest absolute Gasteiger partial charge is 0.0681 e. The number of hydrogen-bond donors (Lipinski definition) is 1. The lowest BCUT2D eigenvalue weighted by Crippen LogP contribution is -2.52. The van der Waals surface area contributed by atoms with Crippen molar-refractivity contribution in [1.29, 1.82) is 0 Å². The highest BCUT2D eigenvalue weighted by Crippen LogP contribution is 2.48. The van der Waals surface area contributed by atoms with Gasteiger partial charge in [0.25, 0.3) is 0 Å². The van der Waals surface area contributed by atoms with E-state index in [1.165, 1.54) is 0 Å². The van der Waals surface area contributed by atoms with Gasteiger partial charge in [0, 0.05) is 13.2 Å². The third kappa shape index (κ3) is 1.82. The topological polar surface area (TPSA) is 29.5 Å². The van der Waals surface area contributed by atoms with Gasteiger partial charge in [0.05, 0.1) is 5.60 Å². The van der Waals surface area contributed by atoms with Gasteiger partial charge in [-0.1, -0.05) is 13.8 Å². The Bertz CT molecular complexity index is 198. The van der Waals surface area contributed by atoms with E-state index in [9.17, 15) is 5.11 Å². The summed E-state index contributed by atoms with van der Waals surface area (Å²) in [6.07, 6.45) is 4.29. The van der Waals surface area contributed by atoms with Crippen LogP contribution in [0.25, 0.3) is 0 Å². The Morgan fingerprint density at radius 2 is 1.93 bits per heavy atom. The maximum atomic E-state index is 10.4. The van der Waals surface area contributed by atoms with Crippen LogP contribution >= 0.6 is 0 Å². The molecule has 2 nitrogen and oxygen atoms in total. The summed E-state index contributed by atoms with van der Waals surface area (Å²) in [4.78, 5) is 0. The Kier molecular flexibility index (Phi) is 2.85. The molecule has 0 bridgehead atoms. The third-order valence-electron chi connectivity index (χ3n) is 4.36. The highest BCUT2D eigenvalue weighted by Gasteiger charge is 2.48. The van der Waals surface area contributed by atoms with Gasteiger partial charge in [0.15, 0.2) is 0 Å². The zero-order valence-electron chi connectivity index (χ0n) is 9.33. The highest BCUT2D eigenvalue weighted by atomic mass is 16.5. The van der Waals surface area contributed by atoms with Crippen molar-refractivity contribution in [2.45, 2.75) is 45.1 Å². The molecule has 3 atom stereocenters. The molecule has 1 N–H and O–H groups in total. The molecule has 2 fully saturated rings. The van der Waals surface area contributed by atoms with Crippen LogP contribution in [0.4, 0.5) is 0 Å². The Balaban J connectivity index is 1.84. The molecule has 1 heterocycles. The van der Waals surface area contributed by atoms with Crippen LogP contribution in [0.15, 0.2) is 0 Å². The minimum Gasteiger partial charge on any atom is -0.390 e. The van der Waals surface area contributed by atoms with Gasteiger partial charge in [-0.15, -0.1) is 0 Å². The van der Waals surface area contributed by atoms with Gasteiger partial charge in [-0.3, -0.25) is 0 Å². The van der Waals surface area contributed by atoms with Crippen LogP contribution in [0.5, 0.6) is 0 Å². The Morgan fingerprint density at radius 3 is 2.43 bits per heavy atom. The first kappa shape index (κ1) is 10.4. The maximum Gasteiger partial charge on any atom is 0.0681 e. The van der Waals surface area contributed by atoms with Crippen molar-refractivity contribution in [2.75, 3.05) is 13.2 Å². The highest BCUT2D eigenvalue weighted by molar-refractivity contribution is 4.99. The van der Waals surface area contributed by atoms with Crippen LogP contribution in [0.1, 0.15) is 39.5 Å². The Hall–Kier alpha value is -0.0800. The predicted octanol–water partition coefficient (Wildman–Crippen LogP) is 2.21. The van der Waals surface area contributed by atoms with E-state index < -0.39 is 0 Å². The summed E-state index contributed by atoms with van der Waals surface area (Å²) in [5, 5.41) is 10.4. The van der Waals surface area contributed by atoms with E-state index in [-0.39, 0.29) is 5.60 Å². The van der Waals surface area contributed by atoms with Crippen molar-refractivity contribution >= 4 is 0 Å². The molecule has 1 saturated carbocycles. The minimum absolute atomic E-state index is 0.346. The molecule has 0 spiro atoms. The van der Waals surface area contributed by atoms with Gasteiger partial charge < -0.3 is 9.84 Å². The third-order valence-corrected chi connectivity index (χ3v) is 4.36. The van der Waals surface area contributed by atoms with Crippen molar-refractivity contribution < 1.29 is 9.84 Å². The molecule has 0 radical (unpaired) electrons. The molecule has 0 amide bonds. The predicted molar refractivity (Wildman–Crippen MR) is 56.1 cm³/mol. The molecule has 0 aromatic rings. The van der Waals surface area contributed by atoms with E-state index in [0.717, 1.165) is 38.9 Å². The quantitative estimate of drug-likeness (QED) is 0.737. The summed E-state index contributed by atoms with van der Waals surface area (Å²) in [7, 11) is 0. The molecule has 2 rings (SSSR count). The van der Waals surface area contributed by atoms with Crippen LogP contribution in [0, 0.1) is 17.8 Å². The molecule has 2 heteroatoms. The van der Waals surface area contributed by atoms with E-state index in [4.69, 9.17) is 4.74 Å².